The lowest BCUT2D eigenvalue weighted by molar-refractivity contribution is -0.139. The van der Waals surface area contributed by atoms with Crippen molar-refractivity contribution in [2.75, 3.05) is 13.1 Å². The second kappa shape index (κ2) is 4.97. The van der Waals surface area contributed by atoms with Crippen molar-refractivity contribution >= 4 is 16.9 Å². The van der Waals surface area contributed by atoms with Crippen molar-refractivity contribution in [3.8, 4) is 0 Å². The van der Waals surface area contributed by atoms with Crippen molar-refractivity contribution in [3.63, 3.8) is 0 Å². The molecule has 0 amide bonds. The number of hydrogen-bond donors (Lipinski definition) is 1. The van der Waals surface area contributed by atoms with Crippen LogP contribution in [0.5, 0.6) is 0 Å². The zero-order chi connectivity index (χ0) is 13.2. The summed E-state index contributed by atoms with van der Waals surface area (Å²) in [6, 6.07) is 10.2. The van der Waals surface area contributed by atoms with E-state index in [1.807, 2.05) is 18.3 Å². The number of nitrogens with zero attached hydrogens (tertiary/aromatic N) is 2. The van der Waals surface area contributed by atoms with Crippen LogP contribution in [0.4, 0.5) is 0 Å². The number of fused-ring (bicyclic) bond motifs is 1. The Morgan fingerprint density at radius 3 is 2.89 bits per heavy atom. The van der Waals surface area contributed by atoms with E-state index in [0.717, 1.165) is 30.5 Å². The first kappa shape index (κ1) is 12.1. The van der Waals surface area contributed by atoms with E-state index in [1.54, 1.807) is 0 Å². The number of benzene rings is 1. The molecule has 0 bridgehead atoms. The summed E-state index contributed by atoms with van der Waals surface area (Å²) in [5, 5.41) is 9.89. The number of aliphatic carboxylic acids is 1. The molecule has 1 aromatic carbocycles. The van der Waals surface area contributed by atoms with Crippen molar-refractivity contribution in [1.29, 1.82) is 0 Å². The summed E-state index contributed by atoms with van der Waals surface area (Å²) < 4.78 is 0. The first-order chi connectivity index (χ1) is 9.22. The molecular formula is C15H16N2O2. The molecule has 1 N–H and O–H groups in total. The van der Waals surface area contributed by atoms with Gasteiger partial charge in [-0.2, -0.15) is 0 Å². The molecule has 98 valence electrons. The highest BCUT2D eigenvalue weighted by Crippen LogP contribution is 2.24. The maximum Gasteiger partial charge on any atom is 0.303 e. The summed E-state index contributed by atoms with van der Waals surface area (Å²) >= 11 is 0. The third kappa shape index (κ3) is 2.58. The molecule has 0 saturated carbocycles. The minimum absolute atomic E-state index is 0.282. The van der Waals surface area contributed by atoms with Gasteiger partial charge in [-0.05, 0) is 17.5 Å². The lowest BCUT2D eigenvalue weighted by Crippen LogP contribution is -2.46. The first-order valence-electron chi connectivity index (χ1n) is 6.49. The standard InChI is InChI=1S/C15H16N2O2/c18-14(19)7-11-8-17(9-11)10-13-4-1-3-12-5-2-6-16-15(12)13/h1-6,11H,7-10H2,(H,18,19). The van der Waals surface area contributed by atoms with Gasteiger partial charge in [0.15, 0.2) is 0 Å². The molecule has 0 unspecified atom stereocenters. The smallest absolute Gasteiger partial charge is 0.303 e. The van der Waals surface area contributed by atoms with Crippen LogP contribution in [0.15, 0.2) is 36.5 Å². The Kier molecular flexibility index (Phi) is 3.17. The maximum atomic E-state index is 10.6. The molecule has 0 radical (unpaired) electrons. The molecule has 19 heavy (non-hydrogen) atoms. The van der Waals surface area contributed by atoms with Gasteiger partial charge < -0.3 is 5.11 Å². The second-order valence-electron chi connectivity index (χ2n) is 5.15. The van der Waals surface area contributed by atoms with Crippen LogP contribution >= 0.6 is 0 Å². The van der Waals surface area contributed by atoms with E-state index in [0.29, 0.717) is 5.92 Å². The number of carboxylic acid groups (broad SMARTS) is 1. The zero-order valence-electron chi connectivity index (χ0n) is 10.6. The minimum atomic E-state index is -0.698. The lowest BCUT2D eigenvalue weighted by atomic mass is 9.95. The molecule has 1 fully saturated rings. The molecule has 1 aromatic heterocycles. The van der Waals surface area contributed by atoms with Gasteiger partial charge in [-0.1, -0.05) is 24.3 Å². The first-order valence-corrected chi connectivity index (χ1v) is 6.49. The number of carboxylic acids is 1. The van der Waals surface area contributed by atoms with Crippen molar-refractivity contribution < 1.29 is 9.90 Å². The van der Waals surface area contributed by atoms with Gasteiger partial charge in [-0.25, -0.2) is 0 Å². The Hall–Kier alpha value is -1.94. The van der Waals surface area contributed by atoms with E-state index in [1.165, 1.54) is 5.56 Å². The van der Waals surface area contributed by atoms with E-state index in [2.05, 4.69) is 28.1 Å². The highest BCUT2D eigenvalue weighted by molar-refractivity contribution is 5.81. The van der Waals surface area contributed by atoms with E-state index < -0.39 is 5.97 Å². The monoisotopic (exact) mass is 256 g/mol. The average Bonchev–Trinajstić information content (AvgIpc) is 2.36. The molecular weight excluding hydrogens is 240 g/mol. The quantitative estimate of drug-likeness (QED) is 0.910. The molecule has 1 aliphatic heterocycles. The number of para-hydroxylation sites is 1. The van der Waals surface area contributed by atoms with Crippen molar-refractivity contribution in [2.24, 2.45) is 5.92 Å². The van der Waals surface area contributed by atoms with Crippen LogP contribution in [0.25, 0.3) is 10.9 Å². The summed E-state index contributed by atoms with van der Waals surface area (Å²) in [5.74, 6) is -0.392. The maximum absolute atomic E-state index is 10.6. The molecule has 2 heterocycles. The van der Waals surface area contributed by atoms with Crippen LogP contribution in [0.1, 0.15) is 12.0 Å². The molecule has 4 heteroatoms. The predicted molar refractivity (Wildman–Crippen MR) is 72.8 cm³/mol. The average molecular weight is 256 g/mol. The molecule has 2 aromatic rings. The molecule has 1 saturated heterocycles. The van der Waals surface area contributed by atoms with Crippen LogP contribution < -0.4 is 0 Å². The summed E-state index contributed by atoms with van der Waals surface area (Å²) in [6.07, 6.45) is 2.10. The lowest BCUT2D eigenvalue weighted by Gasteiger charge is -2.38. The van der Waals surface area contributed by atoms with Gasteiger partial charge in [0, 0.05) is 31.2 Å². The fourth-order valence-corrected chi connectivity index (χ4v) is 2.72. The third-order valence-electron chi connectivity index (χ3n) is 3.61. The Morgan fingerprint density at radius 2 is 2.11 bits per heavy atom. The van der Waals surface area contributed by atoms with Crippen molar-refractivity contribution in [3.05, 3.63) is 42.1 Å². The van der Waals surface area contributed by atoms with Crippen molar-refractivity contribution in [1.82, 2.24) is 9.88 Å². The van der Waals surface area contributed by atoms with Gasteiger partial charge >= 0.3 is 5.97 Å². The van der Waals surface area contributed by atoms with Crippen LogP contribution in [-0.2, 0) is 11.3 Å². The van der Waals surface area contributed by atoms with Gasteiger partial charge in [0.05, 0.1) is 11.9 Å². The number of likely N-dealkylation sites (tertiary alicyclic amines) is 1. The fraction of sp³-hybridized carbons (Fsp3) is 0.333. The summed E-state index contributed by atoms with van der Waals surface area (Å²) in [5.41, 5.74) is 2.26. The van der Waals surface area contributed by atoms with Gasteiger partial charge in [-0.15, -0.1) is 0 Å². The zero-order valence-corrected chi connectivity index (χ0v) is 10.6. The molecule has 3 rings (SSSR count). The van der Waals surface area contributed by atoms with Gasteiger partial charge in [-0.3, -0.25) is 14.7 Å². The number of aromatic nitrogens is 1. The van der Waals surface area contributed by atoms with Crippen LogP contribution in [0.3, 0.4) is 0 Å². The van der Waals surface area contributed by atoms with Gasteiger partial charge in [0.1, 0.15) is 0 Å². The molecule has 1 aliphatic rings. The summed E-state index contributed by atoms with van der Waals surface area (Å²) in [4.78, 5) is 17.3. The van der Waals surface area contributed by atoms with Gasteiger partial charge in [0.2, 0.25) is 0 Å². The molecule has 0 atom stereocenters. The van der Waals surface area contributed by atoms with Crippen molar-refractivity contribution in [2.45, 2.75) is 13.0 Å². The third-order valence-corrected chi connectivity index (χ3v) is 3.61. The van der Waals surface area contributed by atoms with E-state index in [-0.39, 0.29) is 6.42 Å². The van der Waals surface area contributed by atoms with E-state index >= 15 is 0 Å². The second-order valence-corrected chi connectivity index (χ2v) is 5.15. The Bertz CT molecular complexity index is 601. The topological polar surface area (TPSA) is 53.4 Å². The molecule has 4 nitrogen and oxygen atoms in total. The number of hydrogen-bond acceptors (Lipinski definition) is 3. The normalized spacial score (nSPS) is 16.4. The Balaban J connectivity index is 1.69. The minimum Gasteiger partial charge on any atom is -0.481 e. The molecule has 0 aliphatic carbocycles. The number of rotatable bonds is 4. The SMILES string of the molecule is O=C(O)CC1CN(Cc2cccc3cccnc23)C1. The number of carbonyl (C=O) groups is 1. The summed E-state index contributed by atoms with van der Waals surface area (Å²) in [6.45, 7) is 2.59. The highest BCUT2D eigenvalue weighted by atomic mass is 16.4. The van der Waals surface area contributed by atoms with Crippen LogP contribution in [0, 0.1) is 5.92 Å². The van der Waals surface area contributed by atoms with Gasteiger partial charge in [0.25, 0.3) is 0 Å². The van der Waals surface area contributed by atoms with E-state index in [4.69, 9.17) is 5.11 Å². The van der Waals surface area contributed by atoms with Crippen LogP contribution in [0.2, 0.25) is 0 Å². The Labute approximate surface area is 111 Å². The highest BCUT2D eigenvalue weighted by Gasteiger charge is 2.28. The Morgan fingerprint density at radius 1 is 1.32 bits per heavy atom. The molecule has 0 spiro atoms. The number of pyridine rings is 1. The largest absolute Gasteiger partial charge is 0.481 e. The fourth-order valence-electron chi connectivity index (χ4n) is 2.72. The summed E-state index contributed by atoms with van der Waals surface area (Å²) in [7, 11) is 0. The van der Waals surface area contributed by atoms with E-state index in [9.17, 15) is 4.79 Å². The predicted octanol–water partition coefficient (Wildman–Crippen LogP) is 2.14. The van der Waals surface area contributed by atoms with Crippen LogP contribution in [-0.4, -0.2) is 34.0 Å².